The van der Waals surface area contributed by atoms with E-state index in [9.17, 15) is 26.7 Å². The molecule has 0 bridgehead atoms. The molecule has 8 heteroatoms. The van der Waals surface area contributed by atoms with E-state index in [1.165, 1.54) is 12.1 Å². The van der Waals surface area contributed by atoms with Crippen molar-refractivity contribution in [3.8, 4) is 5.75 Å². The Morgan fingerprint density at radius 2 is 1.35 bits per heavy atom. The van der Waals surface area contributed by atoms with Crippen LogP contribution in [0.4, 0.5) is 22.0 Å². The van der Waals surface area contributed by atoms with Crippen molar-refractivity contribution in [3.63, 3.8) is 0 Å². The average molecular weight is 332 g/mol. The number of hydrogen-bond acceptors (Lipinski definition) is 3. The van der Waals surface area contributed by atoms with E-state index in [4.69, 9.17) is 4.74 Å². The van der Waals surface area contributed by atoms with Crippen LogP contribution in [0.2, 0.25) is 0 Å². The number of carbonyl (C=O) groups excluding carboxylic acids is 1. The Labute approximate surface area is 127 Å². The molecule has 0 aliphatic rings. The van der Waals surface area contributed by atoms with Gasteiger partial charge in [0, 0.05) is 7.11 Å². The van der Waals surface area contributed by atoms with Crippen LogP contribution in [0, 0.1) is 29.1 Å². The second-order valence-corrected chi connectivity index (χ2v) is 4.35. The molecule has 1 atom stereocenters. The molecule has 2 aromatic rings. The summed E-state index contributed by atoms with van der Waals surface area (Å²) in [5.74, 6) is -14.2. The van der Waals surface area contributed by atoms with E-state index in [2.05, 4.69) is 4.74 Å². The lowest BCUT2D eigenvalue weighted by Crippen LogP contribution is -2.22. The normalized spacial score (nSPS) is 12.1. The molecular formula is C15H9F5O3. The molecule has 1 unspecified atom stereocenters. The highest BCUT2D eigenvalue weighted by Crippen LogP contribution is 2.30. The molecular weight excluding hydrogens is 323 g/mol. The summed E-state index contributed by atoms with van der Waals surface area (Å²) in [7, 11) is 1.12. The number of esters is 1. The van der Waals surface area contributed by atoms with Gasteiger partial charge in [-0.05, 0) is 5.56 Å². The Morgan fingerprint density at radius 1 is 0.870 bits per heavy atom. The van der Waals surface area contributed by atoms with Crippen LogP contribution in [0.3, 0.4) is 0 Å². The third kappa shape index (κ3) is 3.16. The van der Waals surface area contributed by atoms with E-state index in [1.54, 1.807) is 18.2 Å². The first-order valence-electron chi connectivity index (χ1n) is 6.19. The minimum absolute atomic E-state index is 0.281. The molecule has 2 rings (SSSR count). The zero-order valence-corrected chi connectivity index (χ0v) is 11.6. The first-order chi connectivity index (χ1) is 10.9. The molecule has 0 aliphatic carbocycles. The van der Waals surface area contributed by atoms with Crippen molar-refractivity contribution in [2.45, 2.75) is 6.10 Å². The van der Waals surface area contributed by atoms with Gasteiger partial charge >= 0.3 is 5.97 Å². The lowest BCUT2D eigenvalue weighted by atomic mass is 10.1. The van der Waals surface area contributed by atoms with Gasteiger partial charge in [-0.25, -0.2) is 18.0 Å². The van der Waals surface area contributed by atoms with Gasteiger partial charge in [-0.1, -0.05) is 30.3 Å². The van der Waals surface area contributed by atoms with Crippen molar-refractivity contribution in [2.75, 3.05) is 7.11 Å². The molecule has 0 saturated carbocycles. The van der Waals surface area contributed by atoms with Gasteiger partial charge in [-0.15, -0.1) is 0 Å². The number of halogens is 5. The molecule has 0 amide bonds. The molecule has 0 N–H and O–H groups in total. The second kappa shape index (κ2) is 6.74. The number of ether oxygens (including phenoxy) is 2. The van der Waals surface area contributed by atoms with Crippen molar-refractivity contribution in [2.24, 2.45) is 0 Å². The monoisotopic (exact) mass is 332 g/mol. The van der Waals surface area contributed by atoms with Gasteiger partial charge in [-0.3, -0.25) is 0 Å². The Balaban J connectivity index is 2.37. The Morgan fingerprint density at radius 3 is 1.83 bits per heavy atom. The van der Waals surface area contributed by atoms with E-state index in [1.807, 2.05) is 0 Å². The van der Waals surface area contributed by atoms with Crippen molar-refractivity contribution in [3.05, 3.63) is 65.0 Å². The Hall–Kier alpha value is -2.48. The number of benzene rings is 2. The summed E-state index contributed by atoms with van der Waals surface area (Å²) in [4.78, 5) is 11.9. The minimum Gasteiger partial charge on any atom is -0.418 e. The van der Waals surface area contributed by atoms with Crippen molar-refractivity contribution >= 4 is 5.97 Å². The SMILES string of the molecule is COC(C(=O)Oc1c(F)c(F)c(F)c(F)c1F)c1ccccc1. The van der Waals surface area contributed by atoms with E-state index < -0.39 is 46.9 Å². The lowest BCUT2D eigenvalue weighted by Gasteiger charge is -2.15. The zero-order valence-electron chi connectivity index (χ0n) is 11.6. The lowest BCUT2D eigenvalue weighted by molar-refractivity contribution is -0.146. The van der Waals surface area contributed by atoms with Crippen LogP contribution in [0.25, 0.3) is 0 Å². The summed E-state index contributed by atoms with van der Waals surface area (Å²) in [6.45, 7) is 0. The Bertz CT molecular complexity index is 705. The summed E-state index contributed by atoms with van der Waals surface area (Å²) in [5.41, 5.74) is 0.281. The van der Waals surface area contributed by atoms with Crippen LogP contribution in [-0.2, 0) is 9.53 Å². The fourth-order valence-corrected chi connectivity index (χ4v) is 1.82. The van der Waals surface area contributed by atoms with Crippen LogP contribution in [0.1, 0.15) is 11.7 Å². The molecule has 122 valence electrons. The summed E-state index contributed by atoms with van der Waals surface area (Å²) >= 11 is 0. The van der Waals surface area contributed by atoms with Gasteiger partial charge in [0.2, 0.25) is 34.8 Å². The number of methoxy groups -OCH3 is 1. The highest BCUT2D eigenvalue weighted by molar-refractivity contribution is 5.79. The summed E-state index contributed by atoms with van der Waals surface area (Å²) in [6, 6.07) is 7.70. The van der Waals surface area contributed by atoms with Gasteiger partial charge in [-0.2, -0.15) is 8.78 Å². The summed E-state index contributed by atoms with van der Waals surface area (Å²) in [6.07, 6.45) is -1.40. The molecule has 0 spiro atoms. The highest BCUT2D eigenvalue weighted by Gasteiger charge is 2.31. The smallest absolute Gasteiger partial charge is 0.345 e. The van der Waals surface area contributed by atoms with Crippen molar-refractivity contribution in [1.82, 2.24) is 0 Å². The third-order valence-corrected chi connectivity index (χ3v) is 2.92. The number of hydrogen-bond donors (Lipinski definition) is 0. The quantitative estimate of drug-likeness (QED) is 0.282. The molecule has 0 aliphatic heterocycles. The average Bonchev–Trinajstić information content (AvgIpc) is 2.57. The van der Waals surface area contributed by atoms with Crippen LogP contribution >= 0.6 is 0 Å². The molecule has 3 nitrogen and oxygen atoms in total. The van der Waals surface area contributed by atoms with E-state index in [0.717, 1.165) is 7.11 Å². The first kappa shape index (κ1) is 16.9. The molecule has 0 aromatic heterocycles. The van der Waals surface area contributed by atoms with Gasteiger partial charge in [0.05, 0.1) is 0 Å². The predicted octanol–water partition coefficient (Wildman–Crippen LogP) is 3.68. The van der Waals surface area contributed by atoms with Gasteiger partial charge in [0.15, 0.2) is 6.10 Å². The van der Waals surface area contributed by atoms with Gasteiger partial charge in [0.1, 0.15) is 0 Å². The molecule has 0 saturated heterocycles. The largest absolute Gasteiger partial charge is 0.418 e. The molecule has 0 fully saturated rings. The van der Waals surface area contributed by atoms with Crippen LogP contribution in [0.5, 0.6) is 5.75 Å². The molecule has 2 aromatic carbocycles. The number of carbonyl (C=O) groups is 1. The first-order valence-corrected chi connectivity index (χ1v) is 6.19. The van der Waals surface area contributed by atoms with E-state index in [0.29, 0.717) is 0 Å². The van der Waals surface area contributed by atoms with Crippen LogP contribution in [-0.4, -0.2) is 13.1 Å². The fourth-order valence-electron chi connectivity index (χ4n) is 1.82. The van der Waals surface area contributed by atoms with Gasteiger partial charge in [0.25, 0.3) is 0 Å². The standard InChI is InChI=1S/C15H9F5O3/c1-22-13(7-5-3-2-4-6-7)15(21)23-14-11(19)9(17)8(16)10(18)12(14)20/h2-6,13H,1H3. The molecule has 0 radical (unpaired) electrons. The van der Waals surface area contributed by atoms with E-state index in [-0.39, 0.29) is 5.56 Å². The number of rotatable bonds is 4. The second-order valence-electron chi connectivity index (χ2n) is 4.35. The molecule has 23 heavy (non-hydrogen) atoms. The van der Waals surface area contributed by atoms with E-state index >= 15 is 0 Å². The molecule has 0 heterocycles. The van der Waals surface area contributed by atoms with Gasteiger partial charge < -0.3 is 9.47 Å². The Kier molecular flexibility index (Phi) is 4.95. The highest BCUT2D eigenvalue weighted by atomic mass is 19.2. The summed E-state index contributed by atoms with van der Waals surface area (Å²) in [5, 5.41) is 0. The van der Waals surface area contributed by atoms with Crippen molar-refractivity contribution in [1.29, 1.82) is 0 Å². The summed E-state index contributed by atoms with van der Waals surface area (Å²) < 4.78 is 75.3. The minimum atomic E-state index is -2.34. The topological polar surface area (TPSA) is 35.5 Å². The maximum absolute atomic E-state index is 13.5. The van der Waals surface area contributed by atoms with Crippen LogP contribution < -0.4 is 4.74 Å². The fraction of sp³-hybridized carbons (Fsp3) is 0.133. The third-order valence-electron chi connectivity index (χ3n) is 2.92. The predicted molar refractivity (Wildman–Crippen MR) is 68.1 cm³/mol. The zero-order chi connectivity index (χ0) is 17.1. The maximum Gasteiger partial charge on any atom is 0.345 e. The van der Waals surface area contributed by atoms with Crippen LogP contribution in [0.15, 0.2) is 30.3 Å². The maximum atomic E-state index is 13.5. The van der Waals surface area contributed by atoms with Crippen molar-refractivity contribution < 1.29 is 36.2 Å².